The van der Waals surface area contributed by atoms with Gasteiger partial charge in [-0.2, -0.15) is 4.98 Å². The van der Waals surface area contributed by atoms with E-state index in [0.717, 1.165) is 43.0 Å². The zero-order chi connectivity index (χ0) is 16.7. The van der Waals surface area contributed by atoms with E-state index in [1.807, 2.05) is 12.1 Å². The van der Waals surface area contributed by atoms with Crippen molar-refractivity contribution in [2.75, 3.05) is 31.9 Å². The first-order valence-electron chi connectivity index (χ1n) is 8.52. The summed E-state index contributed by atoms with van der Waals surface area (Å²) in [5.41, 5.74) is 13.0. The Hall–Kier alpha value is -2.18. The molecule has 4 N–H and O–H groups in total. The number of piperidine rings is 1. The SMILES string of the molecule is NCC1[C@H]2CN(CCc3ccc(-n4ccc(N)nc4=O)cc3)C[C@@H]12. The third-order valence-electron chi connectivity index (χ3n) is 5.48. The van der Waals surface area contributed by atoms with Gasteiger partial charge in [0.2, 0.25) is 0 Å². The first-order chi connectivity index (χ1) is 11.7. The zero-order valence-corrected chi connectivity index (χ0v) is 13.6. The van der Waals surface area contributed by atoms with E-state index in [-0.39, 0.29) is 11.5 Å². The van der Waals surface area contributed by atoms with Gasteiger partial charge in [-0.15, -0.1) is 0 Å². The highest BCUT2D eigenvalue weighted by Gasteiger charge is 2.54. The number of fused-ring (bicyclic) bond motifs is 1. The van der Waals surface area contributed by atoms with Gasteiger partial charge in [0.15, 0.2) is 0 Å². The van der Waals surface area contributed by atoms with E-state index in [1.54, 1.807) is 12.3 Å². The maximum Gasteiger partial charge on any atom is 0.354 e. The van der Waals surface area contributed by atoms with Gasteiger partial charge in [0.05, 0.1) is 5.69 Å². The fraction of sp³-hybridized carbons (Fsp3) is 0.444. The number of aromatic nitrogens is 2. The summed E-state index contributed by atoms with van der Waals surface area (Å²) in [6.07, 6.45) is 2.69. The normalized spacial score (nSPS) is 25.6. The first-order valence-corrected chi connectivity index (χ1v) is 8.52. The molecule has 1 aliphatic heterocycles. The van der Waals surface area contributed by atoms with Gasteiger partial charge in [-0.05, 0) is 54.5 Å². The molecule has 1 unspecified atom stereocenters. The van der Waals surface area contributed by atoms with Crippen LogP contribution in [0.4, 0.5) is 5.82 Å². The Morgan fingerprint density at radius 2 is 1.83 bits per heavy atom. The molecule has 4 rings (SSSR count). The summed E-state index contributed by atoms with van der Waals surface area (Å²) in [5, 5.41) is 0. The minimum absolute atomic E-state index is 0.244. The van der Waals surface area contributed by atoms with Crippen molar-refractivity contribution in [2.24, 2.45) is 23.5 Å². The number of likely N-dealkylation sites (tertiary alicyclic amines) is 1. The molecule has 2 aromatic rings. The molecular formula is C18H23N5O. The molecule has 1 aliphatic carbocycles. The van der Waals surface area contributed by atoms with E-state index >= 15 is 0 Å². The second kappa shape index (κ2) is 6.03. The van der Waals surface area contributed by atoms with E-state index in [1.165, 1.54) is 23.2 Å². The van der Waals surface area contributed by atoms with Gasteiger partial charge in [0.1, 0.15) is 5.82 Å². The number of nitrogens with two attached hydrogens (primary N) is 2. The van der Waals surface area contributed by atoms with Crippen LogP contribution in [0.3, 0.4) is 0 Å². The van der Waals surface area contributed by atoms with Crippen LogP contribution in [-0.2, 0) is 6.42 Å². The minimum atomic E-state index is -0.353. The average molecular weight is 325 g/mol. The lowest BCUT2D eigenvalue weighted by molar-refractivity contribution is 0.290. The van der Waals surface area contributed by atoms with Gasteiger partial charge in [-0.3, -0.25) is 4.57 Å². The Labute approximate surface area is 141 Å². The Bertz CT molecular complexity index is 773. The quantitative estimate of drug-likeness (QED) is 0.835. The predicted octanol–water partition coefficient (Wildman–Crippen LogP) is 0.494. The highest BCUT2D eigenvalue weighted by atomic mass is 16.1. The highest BCUT2D eigenvalue weighted by Crippen LogP contribution is 2.50. The van der Waals surface area contributed by atoms with Gasteiger partial charge in [0.25, 0.3) is 0 Å². The third-order valence-corrected chi connectivity index (χ3v) is 5.48. The van der Waals surface area contributed by atoms with E-state index in [0.29, 0.717) is 0 Å². The summed E-state index contributed by atoms with van der Waals surface area (Å²) in [6.45, 7) is 4.35. The van der Waals surface area contributed by atoms with Crippen LogP contribution in [-0.4, -0.2) is 40.6 Å². The van der Waals surface area contributed by atoms with E-state index in [2.05, 4.69) is 22.0 Å². The summed E-state index contributed by atoms with van der Waals surface area (Å²) >= 11 is 0. The molecule has 126 valence electrons. The summed E-state index contributed by atoms with van der Waals surface area (Å²) in [4.78, 5) is 18.2. The number of hydrogen-bond acceptors (Lipinski definition) is 5. The van der Waals surface area contributed by atoms with Crippen molar-refractivity contribution >= 4 is 5.82 Å². The summed E-state index contributed by atoms with van der Waals surface area (Å²) in [6, 6.07) is 9.71. The molecule has 1 aromatic heterocycles. The maximum atomic E-state index is 11.9. The van der Waals surface area contributed by atoms with Crippen molar-refractivity contribution < 1.29 is 0 Å². The van der Waals surface area contributed by atoms with Gasteiger partial charge >= 0.3 is 5.69 Å². The number of anilines is 1. The molecule has 0 spiro atoms. The molecule has 2 aliphatic rings. The molecule has 24 heavy (non-hydrogen) atoms. The van der Waals surface area contributed by atoms with Gasteiger partial charge in [-0.25, -0.2) is 4.79 Å². The van der Waals surface area contributed by atoms with Crippen molar-refractivity contribution in [3.05, 3.63) is 52.6 Å². The lowest BCUT2D eigenvalue weighted by atomic mass is 10.1. The zero-order valence-electron chi connectivity index (χ0n) is 13.6. The van der Waals surface area contributed by atoms with Crippen LogP contribution in [0, 0.1) is 17.8 Å². The number of nitrogen functional groups attached to an aromatic ring is 1. The number of hydrogen-bond donors (Lipinski definition) is 2. The Morgan fingerprint density at radius 1 is 1.12 bits per heavy atom. The topological polar surface area (TPSA) is 90.2 Å². The molecule has 3 atom stereocenters. The lowest BCUT2D eigenvalue weighted by Crippen LogP contribution is -2.28. The molecule has 1 saturated carbocycles. The van der Waals surface area contributed by atoms with Crippen LogP contribution in [0.15, 0.2) is 41.3 Å². The van der Waals surface area contributed by atoms with Crippen molar-refractivity contribution in [3.63, 3.8) is 0 Å². The Balaban J connectivity index is 1.36. The smallest absolute Gasteiger partial charge is 0.354 e. The van der Waals surface area contributed by atoms with Gasteiger partial charge in [0, 0.05) is 25.8 Å². The molecule has 0 amide bonds. The van der Waals surface area contributed by atoms with Gasteiger partial charge in [-0.1, -0.05) is 12.1 Å². The second-order valence-electron chi connectivity index (χ2n) is 6.91. The molecule has 0 bridgehead atoms. The number of nitrogens with zero attached hydrogens (tertiary/aromatic N) is 3. The van der Waals surface area contributed by atoms with Crippen LogP contribution in [0.5, 0.6) is 0 Å². The standard InChI is InChI=1S/C18H23N5O/c19-9-14-15-10-22(11-16(14)15)7-5-12-1-3-13(4-2-12)23-8-6-17(20)21-18(23)24/h1-4,6,8,14-16H,5,7,9-11,19H2,(H2,20,21,24)/t14?,15-,16+. The molecule has 6 heteroatoms. The molecule has 0 radical (unpaired) electrons. The Morgan fingerprint density at radius 3 is 2.46 bits per heavy atom. The summed E-state index contributed by atoms with van der Waals surface area (Å²) in [7, 11) is 0. The summed E-state index contributed by atoms with van der Waals surface area (Å²) < 4.78 is 1.50. The second-order valence-corrected chi connectivity index (χ2v) is 6.91. The molecule has 1 aromatic carbocycles. The first kappa shape index (κ1) is 15.4. The number of benzene rings is 1. The van der Waals surface area contributed by atoms with Crippen LogP contribution >= 0.6 is 0 Å². The molecule has 6 nitrogen and oxygen atoms in total. The minimum Gasteiger partial charge on any atom is -0.383 e. The fourth-order valence-electron chi connectivity index (χ4n) is 3.99. The molecule has 1 saturated heterocycles. The maximum absolute atomic E-state index is 11.9. The van der Waals surface area contributed by atoms with Crippen LogP contribution in [0.25, 0.3) is 5.69 Å². The average Bonchev–Trinajstić information content (AvgIpc) is 3.06. The monoisotopic (exact) mass is 325 g/mol. The van der Waals surface area contributed by atoms with Crippen LogP contribution < -0.4 is 17.2 Å². The van der Waals surface area contributed by atoms with E-state index in [9.17, 15) is 4.79 Å². The van der Waals surface area contributed by atoms with Crippen molar-refractivity contribution in [1.29, 1.82) is 0 Å². The third kappa shape index (κ3) is 2.83. The largest absolute Gasteiger partial charge is 0.383 e. The number of rotatable bonds is 5. The van der Waals surface area contributed by atoms with Crippen molar-refractivity contribution in [3.8, 4) is 5.69 Å². The van der Waals surface area contributed by atoms with E-state index < -0.39 is 0 Å². The highest BCUT2D eigenvalue weighted by molar-refractivity contribution is 5.36. The van der Waals surface area contributed by atoms with Crippen LogP contribution in [0.2, 0.25) is 0 Å². The Kier molecular flexibility index (Phi) is 3.86. The lowest BCUT2D eigenvalue weighted by Gasteiger charge is -2.19. The van der Waals surface area contributed by atoms with Crippen molar-refractivity contribution in [2.45, 2.75) is 6.42 Å². The molecular weight excluding hydrogens is 302 g/mol. The van der Waals surface area contributed by atoms with Gasteiger partial charge < -0.3 is 16.4 Å². The van der Waals surface area contributed by atoms with Crippen LogP contribution in [0.1, 0.15) is 5.56 Å². The fourth-order valence-corrected chi connectivity index (χ4v) is 3.99. The predicted molar refractivity (Wildman–Crippen MR) is 93.9 cm³/mol. The molecule has 2 fully saturated rings. The van der Waals surface area contributed by atoms with Crippen molar-refractivity contribution in [1.82, 2.24) is 14.5 Å². The molecule has 2 heterocycles. The summed E-state index contributed by atoms with van der Waals surface area (Å²) in [5.74, 6) is 2.73. The van der Waals surface area contributed by atoms with E-state index in [4.69, 9.17) is 11.5 Å².